The molecule has 2 aromatic rings. The van der Waals surface area contributed by atoms with Gasteiger partial charge in [0, 0.05) is 31.1 Å². The highest BCUT2D eigenvalue weighted by Gasteiger charge is 2.23. The van der Waals surface area contributed by atoms with Gasteiger partial charge in [0.1, 0.15) is 10.7 Å². The van der Waals surface area contributed by atoms with Gasteiger partial charge in [-0.05, 0) is 24.9 Å². The summed E-state index contributed by atoms with van der Waals surface area (Å²) in [6, 6.07) is 10.9. The van der Waals surface area contributed by atoms with E-state index in [1.54, 1.807) is 5.38 Å². The SMILES string of the molecule is Cl.Cl.NCc1nc(C(=O)NCC2CCCCN2Cc2ccccc2)cs1. The third-order valence-corrected chi connectivity index (χ3v) is 5.31. The lowest BCUT2D eigenvalue weighted by atomic mass is 10.0. The summed E-state index contributed by atoms with van der Waals surface area (Å²) in [6.45, 7) is 3.07. The standard InChI is InChI=1S/C18H24N4OS.2ClH/c19-10-17-21-16(13-24-17)18(23)20-11-15-8-4-5-9-22(15)12-14-6-2-1-3-7-14;;/h1-3,6-7,13,15H,4-5,8-12,19H2,(H,20,23);2*1H. The molecule has 1 unspecified atom stereocenters. The number of amides is 1. The lowest BCUT2D eigenvalue weighted by Gasteiger charge is -2.35. The molecule has 0 radical (unpaired) electrons. The number of likely N-dealkylation sites (tertiary alicyclic amines) is 1. The average Bonchev–Trinajstić information content (AvgIpc) is 3.11. The van der Waals surface area contributed by atoms with Gasteiger partial charge >= 0.3 is 0 Å². The van der Waals surface area contributed by atoms with Crippen molar-refractivity contribution in [2.45, 2.75) is 38.4 Å². The van der Waals surface area contributed by atoms with Crippen LogP contribution < -0.4 is 11.1 Å². The van der Waals surface area contributed by atoms with Gasteiger partial charge in [0.2, 0.25) is 0 Å². The number of nitrogens with two attached hydrogens (primary N) is 1. The van der Waals surface area contributed by atoms with Crippen LogP contribution in [-0.2, 0) is 13.1 Å². The summed E-state index contributed by atoms with van der Waals surface area (Å²) in [5.41, 5.74) is 7.35. The molecule has 1 saturated heterocycles. The number of piperidine rings is 1. The number of carbonyl (C=O) groups excluding carboxylic acids is 1. The number of halogens is 2. The lowest BCUT2D eigenvalue weighted by Crippen LogP contribution is -2.46. The van der Waals surface area contributed by atoms with Crippen LogP contribution >= 0.6 is 36.2 Å². The van der Waals surface area contributed by atoms with Crippen molar-refractivity contribution in [2.24, 2.45) is 5.73 Å². The first-order valence-electron chi connectivity index (χ1n) is 8.47. The zero-order chi connectivity index (χ0) is 16.8. The Morgan fingerprint density at radius 1 is 1.27 bits per heavy atom. The van der Waals surface area contributed by atoms with Crippen molar-refractivity contribution in [3.8, 4) is 0 Å². The Morgan fingerprint density at radius 2 is 2.04 bits per heavy atom. The van der Waals surface area contributed by atoms with Crippen LogP contribution in [0.1, 0.15) is 40.3 Å². The van der Waals surface area contributed by atoms with Gasteiger partial charge in [-0.1, -0.05) is 36.8 Å². The first kappa shape index (κ1) is 22.9. The number of hydrogen-bond donors (Lipinski definition) is 2. The van der Waals surface area contributed by atoms with Crippen molar-refractivity contribution in [1.29, 1.82) is 0 Å². The van der Waals surface area contributed by atoms with Crippen molar-refractivity contribution < 1.29 is 4.79 Å². The molecule has 0 saturated carbocycles. The lowest BCUT2D eigenvalue weighted by molar-refractivity contribution is 0.0903. The van der Waals surface area contributed by atoms with E-state index in [0.717, 1.165) is 24.5 Å². The third kappa shape index (κ3) is 6.21. The molecule has 1 atom stereocenters. The molecule has 1 amide bonds. The van der Waals surface area contributed by atoms with E-state index in [0.29, 0.717) is 24.8 Å². The molecule has 5 nitrogen and oxygen atoms in total. The van der Waals surface area contributed by atoms with E-state index >= 15 is 0 Å². The van der Waals surface area contributed by atoms with Crippen LogP contribution in [0.3, 0.4) is 0 Å². The van der Waals surface area contributed by atoms with Crippen molar-refractivity contribution in [3.63, 3.8) is 0 Å². The molecule has 1 fully saturated rings. The second-order valence-corrected chi connectivity index (χ2v) is 7.09. The van der Waals surface area contributed by atoms with E-state index in [2.05, 4.69) is 39.5 Å². The molecule has 0 spiro atoms. The minimum atomic E-state index is -0.101. The predicted octanol–water partition coefficient (Wildman–Crippen LogP) is 3.23. The zero-order valence-corrected chi connectivity index (χ0v) is 17.0. The van der Waals surface area contributed by atoms with Gasteiger partial charge in [-0.25, -0.2) is 4.98 Å². The Morgan fingerprint density at radius 3 is 2.73 bits per heavy atom. The number of thiazole rings is 1. The molecule has 3 rings (SSSR count). The normalized spacial score (nSPS) is 17.0. The maximum Gasteiger partial charge on any atom is 0.270 e. The molecule has 3 N–H and O–H groups in total. The van der Waals surface area contributed by atoms with E-state index in [-0.39, 0.29) is 30.7 Å². The number of nitrogens with one attached hydrogen (secondary N) is 1. The number of nitrogens with zero attached hydrogens (tertiary/aromatic N) is 2. The molecule has 0 aliphatic carbocycles. The van der Waals surface area contributed by atoms with Gasteiger partial charge in [0.15, 0.2) is 0 Å². The molecular weight excluding hydrogens is 391 g/mol. The highest BCUT2D eigenvalue weighted by Crippen LogP contribution is 2.19. The fourth-order valence-corrected chi connectivity index (χ4v) is 3.78. The smallest absolute Gasteiger partial charge is 0.270 e. The molecule has 1 aliphatic heterocycles. The Kier molecular flexibility index (Phi) is 10.1. The van der Waals surface area contributed by atoms with Crippen LogP contribution in [-0.4, -0.2) is 34.9 Å². The summed E-state index contributed by atoms with van der Waals surface area (Å²) in [7, 11) is 0. The zero-order valence-electron chi connectivity index (χ0n) is 14.6. The second kappa shape index (κ2) is 11.5. The fraction of sp³-hybridized carbons (Fsp3) is 0.444. The van der Waals surface area contributed by atoms with Crippen molar-refractivity contribution in [1.82, 2.24) is 15.2 Å². The topological polar surface area (TPSA) is 71.2 Å². The summed E-state index contributed by atoms with van der Waals surface area (Å²) < 4.78 is 0. The quantitative estimate of drug-likeness (QED) is 0.757. The first-order chi connectivity index (χ1) is 11.8. The molecule has 8 heteroatoms. The van der Waals surface area contributed by atoms with Crippen LogP contribution in [0.4, 0.5) is 0 Å². The molecule has 144 valence electrons. The summed E-state index contributed by atoms with van der Waals surface area (Å²) in [6.07, 6.45) is 3.57. The van der Waals surface area contributed by atoms with Crippen LogP contribution in [0.5, 0.6) is 0 Å². The first-order valence-corrected chi connectivity index (χ1v) is 9.35. The predicted molar refractivity (Wildman–Crippen MR) is 111 cm³/mol. The summed E-state index contributed by atoms with van der Waals surface area (Å²) >= 11 is 1.43. The van der Waals surface area contributed by atoms with Gasteiger partial charge < -0.3 is 11.1 Å². The number of benzene rings is 1. The van der Waals surface area contributed by atoms with Crippen LogP contribution in [0.15, 0.2) is 35.7 Å². The summed E-state index contributed by atoms with van der Waals surface area (Å²) in [4.78, 5) is 19.0. The van der Waals surface area contributed by atoms with E-state index in [4.69, 9.17) is 5.73 Å². The van der Waals surface area contributed by atoms with Crippen molar-refractivity contribution in [3.05, 3.63) is 52.0 Å². The van der Waals surface area contributed by atoms with Gasteiger partial charge in [0.05, 0.1) is 0 Å². The maximum atomic E-state index is 12.3. The van der Waals surface area contributed by atoms with E-state index in [1.165, 1.54) is 29.7 Å². The van der Waals surface area contributed by atoms with Crippen LogP contribution in [0.25, 0.3) is 0 Å². The highest BCUT2D eigenvalue weighted by atomic mass is 35.5. The Bertz CT molecular complexity index is 668. The molecular formula is C18H26Cl2N4OS. The van der Waals surface area contributed by atoms with Gasteiger partial charge in [-0.2, -0.15) is 0 Å². The molecule has 26 heavy (non-hydrogen) atoms. The number of rotatable bonds is 6. The molecule has 0 bridgehead atoms. The number of aromatic nitrogens is 1. The van der Waals surface area contributed by atoms with Gasteiger partial charge in [-0.15, -0.1) is 36.2 Å². The van der Waals surface area contributed by atoms with E-state index in [1.807, 2.05) is 6.07 Å². The Balaban J connectivity index is 0.00000169. The average molecular weight is 417 g/mol. The maximum absolute atomic E-state index is 12.3. The summed E-state index contributed by atoms with van der Waals surface area (Å²) in [5, 5.41) is 5.62. The van der Waals surface area contributed by atoms with Crippen molar-refractivity contribution >= 4 is 42.1 Å². The third-order valence-electron chi connectivity index (χ3n) is 4.43. The van der Waals surface area contributed by atoms with Crippen LogP contribution in [0, 0.1) is 0 Å². The molecule has 1 aromatic carbocycles. The van der Waals surface area contributed by atoms with E-state index < -0.39 is 0 Å². The minimum absolute atomic E-state index is 0. The van der Waals surface area contributed by atoms with E-state index in [9.17, 15) is 4.79 Å². The monoisotopic (exact) mass is 416 g/mol. The molecule has 2 heterocycles. The molecule has 1 aliphatic rings. The van der Waals surface area contributed by atoms with Crippen molar-refractivity contribution in [2.75, 3.05) is 13.1 Å². The number of carbonyl (C=O) groups is 1. The van der Waals surface area contributed by atoms with Gasteiger partial charge in [0.25, 0.3) is 5.91 Å². The highest BCUT2D eigenvalue weighted by molar-refractivity contribution is 7.09. The minimum Gasteiger partial charge on any atom is -0.349 e. The van der Waals surface area contributed by atoms with Gasteiger partial charge in [-0.3, -0.25) is 9.69 Å². The molecule has 1 aromatic heterocycles. The largest absolute Gasteiger partial charge is 0.349 e. The summed E-state index contributed by atoms with van der Waals surface area (Å²) in [5.74, 6) is -0.101. The van der Waals surface area contributed by atoms with Crippen LogP contribution in [0.2, 0.25) is 0 Å². The second-order valence-electron chi connectivity index (χ2n) is 6.15. The Labute approximate surface area is 171 Å². The fourth-order valence-electron chi connectivity index (χ4n) is 3.13. The number of hydrogen-bond acceptors (Lipinski definition) is 5. The Hall–Kier alpha value is -1.18.